The second-order valence-corrected chi connectivity index (χ2v) is 6.50. The Morgan fingerprint density at radius 3 is 2.37 bits per heavy atom. The maximum absolute atomic E-state index is 12.7. The molecule has 1 heterocycles. The molecule has 8 nitrogen and oxygen atoms in total. The van der Waals surface area contributed by atoms with Gasteiger partial charge in [0, 0.05) is 17.3 Å². The minimum absolute atomic E-state index is 0.201. The van der Waals surface area contributed by atoms with Gasteiger partial charge in [0.15, 0.2) is 6.10 Å². The molecule has 30 heavy (non-hydrogen) atoms. The first-order valence-electron chi connectivity index (χ1n) is 9.15. The number of carbonyl (C=O) groups excluding carboxylic acids is 3. The fraction of sp³-hybridized carbons (Fsp3) is 0.318. The van der Waals surface area contributed by atoms with E-state index in [0.717, 1.165) is 0 Å². The summed E-state index contributed by atoms with van der Waals surface area (Å²) in [6.07, 6.45) is 1.66. The van der Waals surface area contributed by atoms with Crippen LogP contribution in [0.4, 0.5) is 0 Å². The van der Waals surface area contributed by atoms with Crippen molar-refractivity contribution in [2.45, 2.75) is 26.9 Å². The van der Waals surface area contributed by atoms with Crippen molar-refractivity contribution in [3.8, 4) is 11.5 Å². The van der Waals surface area contributed by atoms with Crippen molar-refractivity contribution in [2.24, 2.45) is 0 Å². The van der Waals surface area contributed by atoms with E-state index in [1.165, 1.54) is 40.4 Å². The summed E-state index contributed by atoms with van der Waals surface area (Å²) in [5.74, 6) is -0.537. The summed E-state index contributed by atoms with van der Waals surface area (Å²) in [6.45, 7) is 4.76. The number of hydrogen-bond donors (Lipinski definition) is 1. The summed E-state index contributed by atoms with van der Waals surface area (Å²) < 4.78 is 20.4. The highest BCUT2D eigenvalue weighted by Crippen LogP contribution is 2.25. The SMILES string of the molecule is COC(=O)c1c(C)[nH]c(C(=O)[C@@H](C)OC(=O)/C=C/c2cc(OC)ccc2OC)c1C. The number of aryl methyl sites for hydroxylation is 1. The quantitative estimate of drug-likeness (QED) is 0.401. The van der Waals surface area contributed by atoms with E-state index in [4.69, 9.17) is 18.9 Å². The minimum Gasteiger partial charge on any atom is -0.497 e. The van der Waals surface area contributed by atoms with Crippen LogP contribution < -0.4 is 9.47 Å². The molecular formula is C22H25NO7. The molecule has 1 aromatic heterocycles. The van der Waals surface area contributed by atoms with Crippen LogP contribution in [0.1, 0.15) is 44.6 Å². The second-order valence-electron chi connectivity index (χ2n) is 6.50. The zero-order chi connectivity index (χ0) is 22.4. The number of esters is 2. The zero-order valence-electron chi connectivity index (χ0n) is 17.8. The van der Waals surface area contributed by atoms with Crippen LogP contribution in [0.3, 0.4) is 0 Å². The van der Waals surface area contributed by atoms with Gasteiger partial charge in [-0.15, -0.1) is 0 Å². The fourth-order valence-corrected chi connectivity index (χ4v) is 3.00. The highest BCUT2D eigenvalue weighted by molar-refractivity contribution is 6.04. The summed E-state index contributed by atoms with van der Waals surface area (Å²) in [7, 11) is 4.32. The van der Waals surface area contributed by atoms with Crippen molar-refractivity contribution in [1.82, 2.24) is 4.98 Å². The van der Waals surface area contributed by atoms with E-state index in [1.807, 2.05) is 0 Å². The van der Waals surface area contributed by atoms with Gasteiger partial charge < -0.3 is 23.9 Å². The van der Waals surface area contributed by atoms with Crippen LogP contribution in [0.5, 0.6) is 11.5 Å². The van der Waals surface area contributed by atoms with Gasteiger partial charge in [-0.25, -0.2) is 9.59 Å². The smallest absolute Gasteiger partial charge is 0.339 e. The van der Waals surface area contributed by atoms with Crippen LogP contribution in [0.15, 0.2) is 24.3 Å². The molecule has 0 saturated heterocycles. The third kappa shape index (κ3) is 4.89. The largest absolute Gasteiger partial charge is 0.497 e. The van der Waals surface area contributed by atoms with Crippen LogP contribution in [0.2, 0.25) is 0 Å². The molecule has 0 aliphatic rings. The molecule has 0 bridgehead atoms. The number of ether oxygens (including phenoxy) is 4. The van der Waals surface area contributed by atoms with Crippen molar-refractivity contribution < 1.29 is 33.3 Å². The third-order valence-corrected chi connectivity index (χ3v) is 4.57. The maximum atomic E-state index is 12.7. The molecule has 1 N–H and O–H groups in total. The van der Waals surface area contributed by atoms with E-state index in [9.17, 15) is 14.4 Å². The Bertz CT molecular complexity index is 988. The van der Waals surface area contributed by atoms with Crippen molar-refractivity contribution in [3.63, 3.8) is 0 Å². The normalized spacial score (nSPS) is 11.8. The fourth-order valence-electron chi connectivity index (χ4n) is 3.00. The first-order chi connectivity index (χ1) is 14.2. The summed E-state index contributed by atoms with van der Waals surface area (Å²) in [4.78, 5) is 39.7. The molecule has 0 fully saturated rings. The molecule has 0 spiro atoms. The molecule has 2 rings (SSSR count). The predicted octanol–water partition coefficient (Wildman–Crippen LogP) is 3.26. The number of benzene rings is 1. The molecule has 1 atom stereocenters. The van der Waals surface area contributed by atoms with Crippen LogP contribution in [-0.2, 0) is 14.3 Å². The summed E-state index contributed by atoms with van der Waals surface area (Å²) in [5, 5.41) is 0. The van der Waals surface area contributed by atoms with Crippen molar-refractivity contribution >= 4 is 23.8 Å². The van der Waals surface area contributed by atoms with Gasteiger partial charge in [-0.1, -0.05) is 0 Å². The van der Waals surface area contributed by atoms with Crippen LogP contribution in [0.25, 0.3) is 6.08 Å². The highest BCUT2D eigenvalue weighted by atomic mass is 16.5. The molecule has 0 aliphatic heterocycles. The van der Waals surface area contributed by atoms with E-state index in [0.29, 0.717) is 33.9 Å². The standard InChI is InChI=1S/C22H25NO7/c1-12-19(22(26)29-6)13(2)23-20(12)21(25)14(3)30-18(24)10-7-15-11-16(27-4)8-9-17(15)28-5/h7-11,14,23H,1-6H3/b10-7+/t14-/m1/s1. The highest BCUT2D eigenvalue weighted by Gasteiger charge is 2.27. The molecular weight excluding hydrogens is 390 g/mol. The predicted molar refractivity (Wildman–Crippen MR) is 110 cm³/mol. The number of carbonyl (C=O) groups is 3. The van der Waals surface area contributed by atoms with Crippen LogP contribution in [-0.4, -0.2) is 50.1 Å². The topological polar surface area (TPSA) is 104 Å². The number of aromatic amines is 1. The van der Waals surface area contributed by atoms with Crippen molar-refractivity contribution in [1.29, 1.82) is 0 Å². The maximum Gasteiger partial charge on any atom is 0.339 e. The van der Waals surface area contributed by atoms with Crippen LogP contribution >= 0.6 is 0 Å². The van der Waals surface area contributed by atoms with Gasteiger partial charge in [0.05, 0.1) is 32.6 Å². The van der Waals surface area contributed by atoms with E-state index in [-0.39, 0.29) is 5.69 Å². The van der Waals surface area contributed by atoms with Gasteiger partial charge in [0.1, 0.15) is 11.5 Å². The molecule has 160 valence electrons. The van der Waals surface area contributed by atoms with E-state index < -0.39 is 23.8 Å². The number of nitrogens with one attached hydrogen (secondary N) is 1. The van der Waals surface area contributed by atoms with Gasteiger partial charge in [-0.05, 0) is 50.6 Å². The molecule has 8 heteroatoms. The lowest BCUT2D eigenvalue weighted by Gasteiger charge is -2.11. The molecule has 2 aromatic rings. The van der Waals surface area contributed by atoms with Crippen LogP contribution in [0, 0.1) is 13.8 Å². The Morgan fingerprint density at radius 2 is 1.77 bits per heavy atom. The van der Waals surface area contributed by atoms with Crippen molar-refractivity contribution in [2.75, 3.05) is 21.3 Å². The lowest BCUT2D eigenvalue weighted by Crippen LogP contribution is -2.24. The second kappa shape index (κ2) is 9.78. The first-order valence-corrected chi connectivity index (χ1v) is 9.15. The summed E-state index contributed by atoms with van der Waals surface area (Å²) in [6, 6.07) is 5.15. The average molecular weight is 415 g/mol. The van der Waals surface area contributed by atoms with Gasteiger partial charge in [-0.2, -0.15) is 0 Å². The molecule has 0 radical (unpaired) electrons. The number of hydrogen-bond acceptors (Lipinski definition) is 7. The number of aromatic nitrogens is 1. The summed E-state index contributed by atoms with van der Waals surface area (Å²) >= 11 is 0. The van der Waals surface area contributed by atoms with E-state index in [2.05, 4.69) is 4.98 Å². The van der Waals surface area contributed by atoms with Crippen molar-refractivity contribution in [3.05, 3.63) is 52.4 Å². The number of H-pyrrole nitrogens is 1. The Hall–Kier alpha value is -3.55. The lowest BCUT2D eigenvalue weighted by molar-refractivity contribution is -0.140. The first kappa shape index (κ1) is 22.7. The Labute approximate surface area is 174 Å². The lowest BCUT2D eigenvalue weighted by atomic mass is 10.1. The van der Waals surface area contributed by atoms with Gasteiger partial charge in [0.25, 0.3) is 0 Å². The molecule has 0 saturated carbocycles. The monoisotopic (exact) mass is 415 g/mol. The number of Topliss-reactive ketones (excluding diaryl/α,β-unsaturated/α-hetero) is 1. The number of ketones is 1. The van der Waals surface area contributed by atoms with E-state index in [1.54, 1.807) is 32.0 Å². The number of rotatable bonds is 8. The Kier molecular flexibility index (Phi) is 7.41. The molecule has 0 unspecified atom stereocenters. The Balaban J connectivity index is 2.14. The van der Waals surface area contributed by atoms with Gasteiger partial charge in [0.2, 0.25) is 5.78 Å². The number of methoxy groups -OCH3 is 3. The average Bonchev–Trinajstić information content (AvgIpc) is 3.04. The molecule has 1 aromatic carbocycles. The third-order valence-electron chi connectivity index (χ3n) is 4.57. The minimum atomic E-state index is -1.06. The molecule has 0 amide bonds. The van der Waals surface area contributed by atoms with E-state index >= 15 is 0 Å². The van der Waals surface area contributed by atoms with Gasteiger partial charge in [-0.3, -0.25) is 4.79 Å². The van der Waals surface area contributed by atoms with Gasteiger partial charge >= 0.3 is 11.9 Å². The summed E-state index contributed by atoms with van der Waals surface area (Å²) in [5.41, 5.74) is 2.07. The zero-order valence-corrected chi connectivity index (χ0v) is 17.8. The Morgan fingerprint density at radius 1 is 1.07 bits per heavy atom. The molecule has 0 aliphatic carbocycles.